The molecule has 158 valence electrons. The lowest BCUT2D eigenvalue weighted by Crippen LogP contribution is -2.39. The molecule has 0 aliphatic carbocycles. The second-order valence-corrected chi connectivity index (χ2v) is 7.12. The highest BCUT2D eigenvalue weighted by molar-refractivity contribution is 6.35. The fraction of sp³-hybridized carbons (Fsp3) is 0.160. The molecular weight excluding hydrogens is 390 g/mol. The number of para-hydroxylation sites is 1. The predicted octanol–water partition coefficient (Wildman–Crippen LogP) is 3.90. The van der Waals surface area contributed by atoms with Crippen molar-refractivity contribution >= 4 is 18.0 Å². The molecule has 6 nitrogen and oxygen atoms in total. The molecule has 2 N–H and O–H groups in total. The van der Waals surface area contributed by atoms with E-state index in [9.17, 15) is 9.59 Å². The number of carbonyl (C=O) groups is 2. The van der Waals surface area contributed by atoms with Crippen molar-refractivity contribution in [2.75, 3.05) is 0 Å². The van der Waals surface area contributed by atoms with Crippen LogP contribution in [0.5, 0.6) is 5.75 Å². The predicted molar refractivity (Wildman–Crippen MR) is 121 cm³/mol. The molecule has 3 aromatic carbocycles. The quantitative estimate of drug-likeness (QED) is 0.349. The molecule has 0 saturated carbocycles. The Balaban J connectivity index is 1.54. The van der Waals surface area contributed by atoms with E-state index >= 15 is 0 Å². The van der Waals surface area contributed by atoms with Crippen molar-refractivity contribution in [3.05, 3.63) is 101 Å². The molecule has 0 fully saturated rings. The van der Waals surface area contributed by atoms with Crippen LogP contribution in [0.3, 0.4) is 0 Å². The van der Waals surface area contributed by atoms with Crippen LogP contribution in [0.15, 0.2) is 84.0 Å². The number of nitrogens with one attached hydrogen (secondary N) is 2. The standard InChI is InChI=1S/C25H25N3O3/c1-18-12-14-20(15-13-18)17-31-23-11-7-6-10-22(23)16-26-28-25(30)24(29)27-19(2)21-8-4-3-5-9-21/h3-16,19H,17H2,1-2H3,(H,27,29)(H,28,30)/b26-16-/t19-/m1/s1. The fourth-order valence-corrected chi connectivity index (χ4v) is 2.86. The molecule has 0 spiro atoms. The lowest BCUT2D eigenvalue weighted by Gasteiger charge is -2.13. The van der Waals surface area contributed by atoms with Gasteiger partial charge in [-0.1, -0.05) is 72.3 Å². The Morgan fingerprint density at radius 1 is 0.935 bits per heavy atom. The number of hydrogen-bond donors (Lipinski definition) is 2. The third-order valence-electron chi connectivity index (χ3n) is 4.66. The first kappa shape index (κ1) is 21.8. The van der Waals surface area contributed by atoms with Crippen LogP contribution >= 0.6 is 0 Å². The van der Waals surface area contributed by atoms with Gasteiger partial charge in [0.25, 0.3) is 0 Å². The van der Waals surface area contributed by atoms with Gasteiger partial charge in [0, 0.05) is 5.56 Å². The van der Waals surface area contributed by atoms with E-state index in [0.29, 0.717) is 17.9 Å². The minimum Gasteiger partial charge on any atom is -0.488 e. The van der Waals surface area contributed by atoms with Crippen LogP contribution in [-0.4, -0.2) is 18.0 Å². The van der Waals surface area contributed by atoms with E-state index in [4.69, 9.17) is 4.74 Å². The summed E-state index contributed by atoms with van der Waals surface area (Å²) in [5, 5.41) is 6.55. The van der Waals surface area contributed by atoms with Crippen LogP contribution in [0, 0.1) is 6.92 Å². The molecule has 0 unspecified atom stereocenters. The molecule has 6 heteroatoms. The van der Waals surface area contributed by atoms with Gasteiger partial charge in [-0.25, -0.2) is 5.43 Å². The van der Waals surface area contributed by atoms with Crippen LogP contribution in [0.4, 0.5) is 0 Å². The number of ether oxygens (including phenoxy) is 1. The summed E-state index contributed by atoms with van der Waals surface area (Å²) in [6, 6.07) is 24.6. The Labute approximate surface area is 182 Å². The molecule has 0 radical (unpaired) electrons. The number of amides is 2. The van der Waals surface area contributed by atoms with E-state index in [1.54, 1.807) is 0 Å². The van der Waals surface area contributed by atoms with Crippen molar-refractivity contribution in [2.24, 2.45) is 5.10 Å². The molecule has 3 aromatic rings. The third kappa shape index (κ3) is 6.54. The molecule has 0 aliphatic heterocycles. The largest absolute Gasteiger partial charge is 0.488 e. The normalized spacial score (nSPS) is 11.7. The monoisotopic (exact) mass is 415 g/mol. The summed E-state index contributed by atoms with van der Waals surface area (Å²) in [5.74, 6) is -0.960. The molecular formula is C25H25N3O3. The number of nitrogens with zero attached hydrogens (tertiary/aromatic N) is 1. The Morgan fingerprint density at radius 3 is 2.35 bits per heavy atom. The maximum atomic E-state index is 12.1. The summed E-state index contributed by atoms with van der Waals surface area (Å²) in [6.45, 7) is 4.26. The van der Waals surface area contributed by atoms with Crippen LogP contribution in [0.25, 0.3) is 0 Å². The van der Waals surface area contributed by atoms with Crippen molar-refractivity contribution in [2.45, 2.75) is 26.5 Å². The zero-order valence-corrected chi connectivity index (χ0v) is 17.5. The molecule has 0 heterocycles. The van der Waals surface area contributed by atoms with E-state index in [-0.39, 0.29) is 6.04 Å². The van der Waals surface area contributed by atoms with Gasteiger partial charge >= 0.3 is 11.8 Å². The summed E-state index contributed by atoms with van der Waals surface area (Å²) in [6.07, 6.45) is 1.45. The molecule has 3 rings (SSSR count). The van der Waals surface area contributed by atoms with Gasteiger partial charge in [-0.3, -0.25) is 9.59 Å². The number of hydrogen-bond acceptors (Lipinski definition) is 4. The Hall–Kier alpha value is -3.93. The first-order chi connectivity index (χ1) is 15.0. The van der Waals surface area contributed by atoms with Crippen molar-refractivity contribution in [1.29, 1.82) is 0 Å². The highest BCUT2D eigenvalue weighted by atomic mass is 16.5. The fourth-order valence-electron chi connectivity index (χ4n) is 2.86. The van der Waals surface area contributed by atoms with Gasteiger partial charge in [-0.2, -0.15) is 5.10 Å². The summed E-state index contributed by atoms with van der Waals surface area (Å²) >= 11 is 0. The van der Waals surface area contributed by atoms with Crippen LogP contribution in [-0.2, 0) is 16.2 Å². The molecule has 31 heavy (non-hydrogen) atoms. The number of hydrazone groups is 1. The van der Waals surface area contributed by atoms with Crippen molar-refractivity contribution in [3.8, 4) is 5.75 Å². The third-order valence-corrected chi connectivity index (χ3v) is 4.66. The van der Waals surface area contributed by atoms with E-state index in [2.05, 4.69) is 15.8 Å². The Bertz CT molecular complexity index is 1050. The first-order valence-corrected chi connectivity index (χ1v) is 9.99. The number of aryl methyl sites for hydroxylation is 1. The SMILES string of the molecule is Cc1ccc(COc2ccccc2/C=N\NC(=O)C(=O)N[C@H](C)c2ccccc2)cc1. The topological polar surface area (TPSA) is 79.8 Å². The van der Waals surface area contributed by atoms with Crippen molar-refractivity contribution < 1.29 is 14.3 Å². The van der Waals surface area contributed by atoms with Gasteiger partial charge in [0.15, 0.2) is 0 Å². The van der Waals surface area contributed by atoms with E-state index < -0.39 is 11.8 Å². The van der Waals surface area contributed by atoms with Crippen molar-refractivity contribution in [1.82, 2.24) is 10.7 Å². The number of carbonyl (C=O) groups excluding carboxylic acids is 2. The second-order valence-electron chi connectivity index (χ2n) is 7.12. The van der Waals surface area contributed by atoms with Gasteiger partial charge < -0.3 is 10.1 Å². The molecule has 2 amide bonds. The second kappa shape index (κ2) is 10.7. The molecule has 0 aliphatic rings. The van der Waals surface area contributed by atoms with E-state index in [0.717, 1.165) is 11.1 Å². The summed E-state index contributed by atoms with van der Waals surface area (Å²) in [4.78, 5) is 24.2. The zero-order chi connectivity index (χ0) is 22.1. The Kier molecular flexibility index (Phi) is 7.54. The highest BCUT2D eigenvalue weighted by Gasteiger charge is 2.16. The van der Waals surface area contributed by atoms with Crippen molar-refractivity contribution in [3.63, 3.8) is 0 Å². The molecule has 0 bridgehead atoms. The average Bonchev–Trinajstić information content (AvgIpc) is 2.80. The Morgan fingerprint density at radius 2 is 1.61 bits per heavy atom. The lowest BCUT2D eigenvalue weighted by molar-refractivity contribution is -0.139. The van der Waals surface area contributed by atoms with Gasteiger partial charge in [0.1, 0.15) is 12.4 Å². The minimum absolute atomic E-state index is 0.292. The van der Waals surface area contributed by atoms with Crippen LogP contribution in [0.1, 0.15) is 35.2 Å². The van der Waals surface area contributed by atoms with Gasteiger partial charge in [-0.15, -0.1) is 0 Å². The maximum absolute atomic E-state index is 12.1. The van der Waals surface area contributed by atoms with E-state index in [1.807, 2.05) is 92.7 Å². The summed E-state index contributed by atoms with van der Waals surface area (Å²) < 4.78 is 5.89. The zero-order valence-electron chi connectivity index (χ0n) is 17.5. The van der Waals surface area contributed by atoms with Gasteiger partial charge in [0.05, 0.1) is 12.3 Å². The van der Waals surface area contributed by atoms with Gasteiger partial charge in [0.2, 0.25) is 0 Å². The molecule has 1 atom stereocenters. The molecule has 0 saturated heterocycles. The average molecular weight is 415 g/mol. The number of benzene rings is 3. The van der Waals surface area contributed by atoms with Crippen LogP contribution in [0.2, 0.25) is 0 Å². The smallest absolute Gasteiger partial charge is 0.329 e. The van der Waals surface area contributed by atoms with Gasteiger partial charge in [-0.05, 0) is 37.1 Å². The van der Waals surface area contributed by atoms with Crippen LogP contribution < -0.4 is 15.5 Å². The summed E-state index contributed by atoms with van der Waals surface area (Å²) in [5.41, 5.74) is 6.09. The first-order valence-electron chi connectivity index (χ1n) is 9.99. The highest BCUT2D eigenvalue weighted by Crippen LogP contribution is 2.18. The maximum Gasteiger partial charge on any atom is 0.329 e. The summed E-state index contributed by atoms with van der Waals surface area (Å²) in [7, 11) is 0. The number of rotatable bonds is 7. The minimum atomic E-state index is -0.836. The molecule has 0 aromatic heterocycles. The lowest BCUT2D eigenvalue weighted by atomic mass is 10.1. The van der Waals surface area contributed by atoms with E-state index in [1.165, 1.54) is 11.8 Å².